The summed E-state index contributed by atoms with van der Waals surface area (Å²) in [4.78, 5) is 73.0. The lowest BCUT2D eigenvalue weighted by Crippen LogP contribution is -2.30. The molecule has 99 heavy (non-hydrogen) atoms. The van der Waals surface area contributed by atoms with Gasteiger partial charge in [-0.2, -0.15) is 0 Å². The molecule has 0 aromatic carbocycles. The van der Waals surface area contributed by atoms with Gasteiger partial charge in [-0.15, -0.1) is 0 Å². The minimum atomic E-state index is -4.96. The second-order valence-electron chi connectivity index (χ2n) is 30.7. The molecule has 0 spiro atoms. The summed E-state index contributed by atoms with van der Waals surface area (Å²) in [5.74, 6) is 0.944. The highest BCUT2D eigenvalue weighted by Crippen LogP contribution is 2.45. The molecule has 0 rings (SSSR count). The maximum absolute atomic E-state index is 13.1. The number of carbonyl (C=O) groups is 4. The van der Waals surface area contributed by atoms with E-state index in [1.165, 1.54) is 205 Å². The van der Waals surface area contributed by atoms with Crippen LogP contribution in [0, 0.1) is 23.7 Å². The molecule has 0 aromatic heterocycles. The van der Waals surface area contributed by atoms with Crippen LogP contribution in [0.4, 0.5) is 0 Å². The molecule has 3 N–H and O–H groups in total. The van der Waals surface area contributed by atoms with Crippen LogP contribution < -0.4 is 0 Å². The summed E-state index contributed by atoms with van der Waals surface area (Å²) in [7, 11) is -9.92. The Bertz CT molecular complexity index is 1940. The third-order valence-electron chi connectivity index (χ3n) is 18.6. The molecule has 0 heterocycles. The van der Waals surface area contributed by atoms with Crippen LogP contribution in [0.25, 0.3) is 0 Å². The normalized spacial score (nSPS) is 14.1. The first-order valence-electron chi connectivity index (χ1n) is 41.2. The Hall–Kier alpha value is -1.94. The van der Waals surface area contributed by atoms with Gasteiger partial charge in [-0.1, -0.05) is 357 Å². The lowest BCUT2D eigenvalue weighted by atomic mass is 10.0. The van der Waals surface area contributed by atoms with Crippen molar-refractivity contribution in [1.82, 2.24) is 0 Å². The van der Waals surface area contributed by atoms with E-state index in [2.05, 4.69) is 55.4 Å². The number of hydrogen-bond acceptors (Lipinski definition) is 15. The number of unbranched alkanes of at least 4 members (excludes halogenated alkanes) is 43. The summed E-state index contributed by atoms with van der Waals surface area (Å²) in [5, 5.41) is 10.6. The van der Waals surface area contributed by atoms with Crippen molar-refractivity contribution < 1.29 is 80.2 Å². The second-order valence-corrected chi connectivity index (χ2v) is 33.6. The van der Waals surface area contributed by atoms with Crippen molar-refractivity contribution >= 4 is 39.5 Å². The third-order valence-corrected chi connectivity index (χ3v) is 20.5. The van der Waals surface area contributed by atoms with E-state index in [4.69, 9.17) is 37.0 Å². The molecule has 0 saturated carbocycles. The van der Waals surface area contributed by atoms with E-state index in [0.717, 1.165) is 114 Å². The van der Waals surface area contributed by atoms with Crippen molar-refractivity contribution in [1.29, 1.82) is 0 Å². The predicted octanol–water partition coefficient (Wildman–Crippen LogP) is 23.6. The molecule has 0 fully saturated rings. The van der Waals surface area contributed by atoms with Crippen LogP contribution in [-0.4, -0.2) is 96.7 Å². The van der Waals surface area contributed by atoms with E-state index in [-0.39, 0.29) is 25.7 Å². The van der Waals surface area contributed by atoms with Gasteiger partial charge in [0.1, 0.15) is 19.3 Å². The highest BCUT2D eigenvalue weighted by molar-refractivity contribution is 7.47. The molecule has 0 aliphatic carbocycles. The molecule has 0 aliphatic rings. The molecule has 17 nitrogen and oxygen atoms in total. The Balaban J connectivity index is 5.23. The van der Waals surface area contributed by atoms with Crippen molar-refractivity contribution in [3.63, 3.8) is 0 Å². The van der Waals surface area contributed by atoms with Crippen LogP contribution in [0.3, 0.4) is 0 Å². The number of phosphoric ester groups is 2. The Morgan fingerprint density at radius 1 is 0.253 bits per heavy atom. The van der Waals surface area contributed by atoms with Crippen molar-refractivity contribution in [3.8, 4) is 0 Å². The number of ether oxygens (including phenoxy) is 4. The number of esters is 4. The fourth-order valence-electron chi connectivity index (χ4n) is 12.3. The van der Waals surface area contributed by atoms with Crippen LogP contribution in [0.15, 0.2) is 0 Å². The smallest absolute Gasteiger partial charge is 0.462 e. The highest BCUT2D eigenvalue weighted by Gasteiger charge is 2.30. The fraction of sp³-hybridized carbons (Fsp3) is 0.950. The first kappa shape index (κ1) is 97.1. The standard InChI is InChI=1S/C80H156O17P2/c1-70(2)56-48-40-32-26-20-14-9-11-17-24-30-36-46-54-62-79(84)96-75(66-90-77(82)60-52-44-35-29-23-19-13-16-22-28-34-42-50-58-72(5)6)68-94-98(86,87)92-64-74(81)65-93-99(88,89)95-69-76(67-91-78(83)61-53-45-39-38-43-51-59-73(7)8)97-80(85)63-55-47-37-31-25-18-12-10-15-21-27-33-41-49-57-71(3)4/h70-76,81H,9-69H2,1-8H3,(H,86,87)(H,88,89)/t74?,75-,76-/m1/s1. The first-order chi connectivity index (χ1) is 47.6. The number of phosphoric acid groups is 2. The van der Waals surface area contributed by atoms with Gasteiger partial charge in [-0.25, -0.2) is 9.13 Å². The van der Waals surface area contributed by atoms with Gasteiger partial charge in [0.25, 0.3) is 0 Å². The predicted molar refractivity (Wildman–Crippen MR) is 404 cm³/mol. The number of rotatable bonds is 77. The monoisotopic (exact) mass is 1450 g/mol. The highest BCUT2D eigenvalue weighted by atomic mass is 31.2. The Labute approximate surface area is 607 Å². The van der Waals surface area contributed by atoms with E-state index >= 15 is 0 Å². The summed E-state index contributed by atoms with van der Waals surface area (Å²) >= 11 is 0. The van der Waals surface area contributed by atoms with Crippen molar-refractivity contribution in [2.45, 2.75) is 427 Å². The second kappa shape index (κ2) is 69.1. The van der Waals surface area contributed by atoms with Gasteiger partial charge >= 0.3 is 39.5 Å². The van der Waals surface area contributed by atoms with Crippen molar-refractivity contribution in [2.24, 2.45) is 23.7 Å². The number of hydrogen-bond donors (Lipinski definition) is 3. The molecule has 19 heteroatoms. The summed E-state index contributed by atoms with van der Waals surface area (Å²) in [6, 6.07) is 0. The minimum Gasteiger partial charge on any atom is -0.462 e. The molecule has 3 unspecified atom stereocenters. The quantitative estimate of drug-likeness (QED) is 0.0222. The van der Waals surface area contributed by atoms with E-state index in [9.17, 15) is 43.2 Å². The zero-order valence-electron chi connectivity index (χ0n) is 65.1. The van der Waals surface area contributed by atoms with Gasteiger partial charge in [0.2, 0.25) is 0 Å². The van der Waals surface area contributed by atoms with E-state index in [0.29, 0.717) is 31.6 Å². The molecule has 588 valence electrons. The Morgan fingerprint density at radius 3 is 0.626 bits per heavy atom. The van der Waals surface area contributed by atoms with Crippen LogP contribution >= 0.6 is 15.6 Å². The molecular weight excluding hydrogens is 1290 g/mol. The lowest BCUT2D eigenvalue weighted by Gasteiger charge is -2.21. The molecule has 0 radical (unpaired) electrons. The molecule has 0 saturated heterocycles. The van der Waals surface area contributed by atoms with Gasteiger partial charge in [0.15, 0.2) is 12.2 Å². The Morgan fingerprint density at radius 2 is 0.424 bits per heavy atom. The molecule has 0 bridgehead atoms. The topological polar surface area (TPSA) is 237 Å². The largest absolute Gasteiger partial charge is 0.472 e. The summed E-state index contributed by atoms with van der Waals surface area (Å²) in [5.41, 5.74) is 0. The Kier molecular flexibility index (Phi) is 67.8. The molecular formula is C80H156O17P2. The average molecular weight is 1450 g/mol. The van der Waals surface area contributed by atoms with Gasteiger partial charge < -0.3 is 33.8 Å². The van der Waals surface area contributed by atoms with Crippen LogP contribution in [-0.2, 0) is 65.4 Å². The van der Waals surface area contributed by atoms with E-state index < -0.39 is 97.5 Å². The van der Waals surface area contributed by atoms with Crippen LogP contribution in [0.5, 0.6) is 0 Å². The van der Waals surface area contributed by atoms with E-state index in [1.54, 1.807) is 0 Å². The zero-order valence-corrected chi connectivity index (χ0v) is 66.9. The minimum absolute atomic E-state index is 0.106. The fourth-order valence-corrected chi connectivity index (χ4v) is 13.8. The van der Waals surface area contributed by atoms with Crippen molar-refractivity contribution in [3.05, 3.63) is 0 Å². The summed E-state index contributed by atoms with van der Waals surface area (Å²) < 4.78 is 68.7. The molecule has 0 aromatic rings. The molecule has 5 atom stereocenters. The summed E-state index contributed by atoms with van der Waals surface area (Å²) in [6.07, 6.45) is 55.6. The van der Waals surface area contributed by atoms with Gasteiger partial charge in [0.05, 0.1) is 26.4 Å². The van der Waals surface area contributed by atoms with Gasteiger partial charge in [-0.3, -0.25) is 37.3 Å². The maximum Gasteiger partial charge on any atom is 0.472 e. The van der Waals surface area contributed by atoms with Crippen molar-refractivity contribution in [2.75, 3.05) is 39.6 Å². The third kappa shape index (κ3) is 74.1. The molecule has 0 aliphatic heterocycles. The average Bonchev–Trinajstić information content (AvgIpc) is 1.14. The van der Waals surface area contributed by atoms with Crippen LogP contribution in [0.2, 0.25) is 0 Å². The number of aliphatic hydroxyl groups is 1. The summed E-state index contributed by atoms with van der Waals surface area (Å²) in [6.45, 7) is 14.2. The van der Waals surface area contributed by atoms with Crippen LogP contribution in [0.1, 0.15) is 409 Å². The maximum atomic E-state index is 13.1. The zero-order chi connectivity index (χ0) is 73.1. The lowest BCUT2D eigenvalue weighted by molar-refractivity contribution is -0.161. The molecule has 0 amide bonds. The van der Waals surface area contributed by atoms with E-state index in [1.807, 2.05) is 0 Å². The first-order valence-corrected chi connectivity index (χ1v) is 44.2. The number of aliphatic hydroxyl groups excluding tert-OH is 1. The van der Waals surface area contributed by atoms with Gasteiger partial charge in [-0.05, 0) is 49.4 Å². The SMILES string of the molecule is CC(C)CCCCCCCCCCCCCCCCC(=O)O[C@H](COC(=O)CCCCCCCCCCCCCCCC(C)C)COP(=O)(O)OCC(O)COP(=O)(O)OC[C@@H](COC(=O)CCCCCCCCC(C)C)OC(=O)CCCCCCCCCCCCCCCCC(C)C. The van der Waals surface area contributed by atoms with Gasteiger partial charge in [0, 0.05) is 25.7 Å². The number of carbonyl (C=O) groups excluding carboxylic acids is 4.